The molecule has 110 valence electrons. The van der Waals surface area contributed by atoms with E-state index in [0.29, 0.717) is 12.1 Å². The van der Waals surface area contributed by atoms with Gasteiger partial charge in [0.05, 0.1) is 23.0 Å². The highest BCUT2D eigenvalue weighted by Crippen LogP contribution is 2.21. The Morgan fingerprint density at radius 3 is 2.95 bits per heavy atom. The first-order valence-electron chi connectivity index (χ1n) is 7.10. The third-order valence-electron chi connectivity index (χ3n) is 3.35. The SMILES string of the molecule is CCNc1ncc(C#N)cc1NCc1ccc2[nH]ncc2c1. The van der Waals surface area contributed by atoms with Crippen molar-refractivity contribution in [3.63, 3.8) is 0 Å². The molecule has 0 spiro atoms. The summed E-state index contributed by atoms with van der Waals surface area (Å²) < 4.78 is 0. The first-order valence-corrected chi connectivity index (χ1v) is 7.10. The zero-order valence-electron chi connectivity index (χ0n) is 12.2. The topological polar surface area (TPSA) is 89.4 Å². The van der Waals surface area contributed by atoms with Crippen LogP contribution in [0, 0.1) is 11.3 Å². The van der Waals surface area contributed by atoms with E-state index in [9.17, 15) is 0 Å². The number of nitrogens with zero attached hydrogens (tertiary/aromatic N) is 3. The van der Waals surface area contributed by atoms with Gasteiger partial charge in [-0.3, -0.25) is 5.10 Å². The monoisotopic (exact) mass is 292 g/mol. The number of hydrogen-bond donors (Lipinski definition) is 3. The Morgan fingerprint density at radius 1 is 1.23 bits per heavy atom. The number of pyridine rings is 1. The van der Waals surface area contributed by atoms with Gasteiger partial charge in [0.15, 0.2) is 0 Å². The Bertz CT molecular complexity index is 830. The summed E-state index contributed by atoms with van der Waals surface area (Å²) in [4.78, 5) is 4.28. The molecular weight excluding hydrogens is 276 g/mol. The number of hydrogen-bond acceptors (Lipinski definition) is 5. The number of fused-ring (bicyclic) bond motifs is 1. The van der Waals surface area contributed by atoms with Crippen LogP contribution in [0.5, 0.6) is 0 Å². The molecular formula is C16H16N6. The summed E-state index contributed by atoms with van der Waals surface area (Å²) in [5.74, 6) is 0.755. The molecule has 6 heteroatoms. The van der Waals surface area contributed by atoms with Gasteiger partial charge in [-0.2, -0.15) is 10.4 Å². The minimum atomic E-state index is 0.537. The van der Waals surface area contributed by atoms with Crippen molar-refractivity contribution >= 4 is 22.4 Å². The van der Waals surface area contributed by atoms with Gasteiger partial charge in [-0.15, -0.1) is 0 Å². The molecule has 0 saturated heterocycles. The molecule has 0 saturated carbocycles. The van der Waals surface area contributed by atoms with Crippen LogP contribution in [0.15, 0.2) is 36.7 Å². The van der Waals surface area contributed by atoms with Gasteiger partial charge in [-0.25, -0.2) is 4.98 Å². The van der Waals surface area contributed by atoms with Crippen LogP contribution >= 0.6 is 0 Å². The molecule has 0 aliphatic rings. The maximum absolute atomic E-state index is 9.01. The molecule has 0 aliphatic carbocycles. The average molecular weight is 292 g/mol. The van der Waals surface area contributed by atoms with Crippen molar-refractivity contribution in [3.8, 4) is 6.07 Å². The van der Waals surface area contributed by atoms with Crippen LogP contribution in [0.4, 0.5) is 11.5 Å². The van der Waals surface area contributed by atoms with Crippen LogP contribution in [-0.2, 0) is 6.54 Å². The third kappa shape index (κ3) is 2.83. The van der Waals surface area contributed by atoms with Crippen LogP contribution in [-0.4, -0.2) is 21.7 Å². The predicted molar refractivity (Wildman–Crippen MR) is 86.5 cm³/mol. The molecule has 0 atom stereocenters. The molecule has 0 unspecified atom stereocenters. The highest BCUT2D eigenvalue weighted by Gasteiger charge is 2.05. The van der Waals surface area contributed by atoms with E-state index in [2.05, 4.69) is 38.0 Å². The van der Waals surface area contributed by atoms with Crippen LogP contribution < -0.4 is 10.6 Å². The lowest BCUT2D eigenvalue weighted by molar-refractivity contribution is 1.11. The standard InChI is InChI=1S/C16H16N6/c1-2-18-16-15(6-12(7-17)9-20-16)19-8-11-3-4-14-13(5-11)10-21-22-14/h3-6,9-10,19H,2,8H2,1H3,(H,18,20)(H,21,22). The van der Waals surface area contributed by atoms with Crippen molar-refractivity contribution in [2.45, 2.75) is 13.5 Å². The summed E-state index contributed by atoms with van der Waals surface area (Å²) in [5.41, 5.74) is 3.52. The molecule has 3 rings (SSSR count). The van der Waals surface area contributed by atoms with Crippen LogP contribution in [0.2, 0.25) is 0 Å². The number of nitrogens with one attached hydrogen (secondary N) is 3. The van der Waals surface area contributed by atoms with Crippen molar-refractivity contribution < 1.29 is 0 Å². The molecule has 0 fully saturated rings. The Balaban J connectivity index is 1.81. The summed E-state index contributed by atoms with van der Waals surface area (Å²) in [6.07, 6.45) is 3.38. The predicted octanol–water partition coefficient (Wildman–Crippen LogP) is 2.87. The molecule has 22 heavy (non-hydrogen) atoms. The van der Waals surface area contributed by atoms with Crippen molar-refractivity contribution in [2.24, 2.45) is 0 Å². The van der Waals surface area contributed by atoms with Crippen LogP contribution in [0.1, 0.15) is 18.1 Å². The third-order valence-corrected chi connectivity index (χ3v) is 3.35. The highest BCUT2D eigenvalue weighted by molar-refractivity contribution is 5.78. The van der Waals surface area contributed by atoms with E-state index in [1.807, 2.05) is 19.1 Å². The lowest BCUT2D eigenvalue weighted by Gasteiger charge is -2.12. The Morgan fingerprint density at radius 2 is 2.14 bits per heavy atom. The van der Waals surface area contributed by atoms with E-state index in [0.717, 1.165) is 34.5 Å². The normalized spacial score (nSPS) is 10.4. The molecule has 0 aliphatic heterocycles. The van der Waals surface area contributed by atoms with E-state index < -0.39 is 0 Å². The summed E-state index contributed by atoms with van der Waals surface area (Å²) in [7, 11) is 0. The van der Waals surface area contributed by atoms with Gasteiger partial charge < -0.3 is 10.6 Å². The second-order valence-electron chi connectivity index (χ2n) is 4.91. The fraction of sp³-hybridized carbons (Fsp3) is 0.188. The molecule has 0 bridgehead atoms. The van der Waals surface area contributed by atoms with Crippen molar-refractivity contribution in [1.82, 2.24) is 15.2 Å². The fourth-order valence-electron chi connectivity index (χ4n) is 2.27. The molecule has 1 aromatic carbocycles. The number of aromatic nitrogens is 3. The highest BCUT2D eigenvalue weighted by atomic mass is 15.1. The van der Waals surface area contributed by atoms with Crippen LogP contribution in [0.3, 0.4) is 0 Å². The van der Waals surface area contributed by atoms with Crippen molar-refractivity contribution in [3.05, 3.63) is 47.8 Å². The van der Waals surface area contributed by atoms with Gasteiger partial charge in [-0.1, -0.05) is 6.07 Å². The Hall–Kier alpha value is -3.07. The van der Waals surface area contributed by atoms with E-state index in [-0.39, 0.29) is 0 Å². The second kappa shape index (κ2) is 6.14. The molecule has 0 amide bonds. The number of rotatable bonds is 5. The van der Waals surface area contributed by atoms with E-state index in [4.69, 9.17) is 5.26 Å². The van der Waals surface area contributed by atoms with Crippen molar-refractivity contribution in [2.75, 3.05) is 17.2 Å². The quantitative estimate of drug-likeness (QED) is 0.673. The largest absolute Gasteiger partial charge is 0.378 e. The Kier molecular flexibility index (Phi) is 3.88. The zero-order chi connectivity index (χ0) is 15.4. The number of nitriles is 1. The lowest BCUT2D eigenvalue weighted by atomic mass is 10.1. The van der Waals surface area contributed by atoms with Gasteiger partial charge in [0.2, 0.25) is 0 Å². The van der Waals surface area contributed by atoms with E-state index in [1.54, 1.807) is 18.5 Å². The fourth-order valence-corrected chi connectivity index (χ4v) is 2.27. The van der Waals surface area contributed by atoms with Gasteiger partial charge in [0, 0.05) is 24.7 Å². The smallest absolute Gasteiger partial charge is 0.149 e. The van der Waals surface area contributed by atoms with Crippen LogP contribution in [0.25, 0.3) is 10.9 Å². The maximum atomic E-state index is 9.01. The molecule has 6 nitrogen and oxygen atoms in total. The number of benzene rings is 1. The molecule has 0 radical (unpaired) electrons. The second-order valence-corrected chi connectivity index (χ2v) is 4.91. The minimum absolute atomic E-state index is 0.537. The maximum Gasteiger partial charge on any atom is 0.149 e. The van der Waals surface area contributed by atoms with Gasteiger partial charge in [0.25, 0.3) is 0 Å². The molecule has 2 aromatic heterocycles. The van der Waals surface area contributed by atoms with E-state index in [1.165, 1.54) is 0 Å². The molecule has 3 N–H and O–H groups in total. The molecule has 2 heterocycles. The summed E-state index contributed by atoms with van der Waals surface area (Å²) in [5, 5.41) is 23.6. The summed E-state index contributed by atoms with van der Waals surface area (Å²) in [6.45, 7) is 3.43. The van der Waals surface area contributed by atoms with Gasteiger partial charge >= 0.3 is 0 Å². The first-order chi connectivity index (χ1) is 10.8. The van der Waals surface area contributed by atoms with Gasteiger partial charge in [-0.05, 0) is 30.7 Å². The molecule has 3 aromatic rings. The zero-order valence-corrected chi connectivity index (χ0v) is 12.2. The summed E-state index contributed by atoms with van der Waals surface area (Å²) >= 11 is 0. The minimum Gasteiger partial charge on any atom is -0.378 e. The number of aromatic amines is 1. The summed E-state index contributed by atoms with van der Waals surface area (Å²) in [6, 6.07) is 10.1. The Labute approximate surface area is 128 Å². The number of anilines is 2. The lowest BCUT2D eigenvalue weighted by Crippen LogP contribution is -2.07. The first kappa shape index (κ1) is 13.9. The van der Waals surface area contributed by atoms with Crippen molar-refractivity contribution in [1.29, 1.82) is 5.26 Å². The van der Waals surface area contributed by atoms with Gasteiger partial charge in [0.1, 0.15) is 11.9 Å². The average Bonchev–Trinajstić information content (AvgIpc) is 3.01. The number of H-pyrrole nitrogens is 1. The van der Waals surface area contributed by atoms with E-state index >= 15 is 0 Å².